The van der Waals surface area contributed by atoms with Gasteiger partial charge in [-0.15, -0.1) is 0 Å². The number of nitrogens with one attached hydrogen (secondary N) is 1. The molecule has 0 bridgehead atoms. The minimum atomic E-state index is 0.0264. The molecule has 18 heavy (non-hydrogen) atoms. The standard InChI is InChI=1S/C12H15ClN4O/c13-11-3-1-10(2-4-11)9-16-17(7-8-18)12-14-5-6-15-12/h1-4,9,18H,5-8H2,(H,14,15)/b16-9+. The Balaban J connectivity index is 2.05. The lowest BCUT2D eigenvalue weighted by molar-refractivity contribution is 0.251. The molecule has 1 heterocycles. The summed E-state index contributed by atoms with van der Waals surface area (Å²) in [5.41, 5.74) is 0.945. The number of aliphatic imine (C=N–C) groups is 1. The van der Waals surface area contributed by atoms with Gasteiger partial charge < -0.3 is 10.4 Å². The predicted molar refractivity (Wildman–Crippen MR) is 73.1 cm³/mol. The van der Waals surface area contributed by atoms with E-state index in [1.165, 1.54) is 0 Å². The normalized spacial score (nSPS) is 14.7. The van der Waals surface area contributed by atoms with Gasteiger partial charge >= 0.3 is 0 Å². The van der Waals surface area contributed by atoms with Crippen LogP contribution in [-0.4, -0.2) is 48.5 Å². The van der Waals surface area contributed by atoms with Gasteiger partial charge in [-0.1, -0.05) is 23.7 Å². The van der Waals surface area contributed by atoms with Crippen LogP contribution in [0.1, 0.15) is 5.56 Å². The van der Waals surface area contributed by atoms with Gasteiger partial charge in [0, 0.05) is 11.6 Å². The van der Waals surface area contributed by atoms with Crippen LogP contribution in [0.15, 0.2) is 34.4 Å². The zero-order valence-corrected chi connectivity index (χ0v) is 10.6. The van der Waals surface area contributed by atoms with Crippen LogP contribution in [0.3, 0.4) is 0 Å². The molecule has 0 saturated heterocycles. The molecule has 1 aromatic carbocycles. The number of aliphatic hydroxyl groups is 1. The average Bonchev–Trinajstić information content (AvgIpc) is 2.90. The van der Waals surface area contributed by atoms with Crippen LogP contribution in [0.2, 0.25) is 5.02 Å². The molecule has 1 aliphatic rings. The number of halogens is 1. The quantitative estimate of drug-likeness (QED) is 0.630. The van der Waals surface area contributed by atoms with Crippen LogP contribution in [0.4, 0.5) is 0 Å². The summed E-state index contributed by atoms with van der Waals surface area (Å²) in [6, 6.07) is 7.38. The van der Waals surface area contributed by atoms with Crippen molar-refractivity contribution in [1.29, 1.82) is 0 Å². The van der Waals surface area contributed by atoms with E-state index in [0.717, 1.165) is 18.7 Å². The molecule has 0 unspecified atom stereocenters. The van der Waals surface area contributed by atoms with Gasteiger partial charge in [-0.3, -0.25) is 0 Å². The summed E-state index contributed by atoms with van der Waals surface area (Å²) in [5.74, 6) is 0.703. The molecule has 6 heteroatoms. The van der Waals surface area contributed by atoms with Crippen molar-refractivity contribution in [2.45, 2.75) is 0 Å². The predicted octanol–water partition coefficient (Wildman–Crippen LogP) is 0.927. The monoisotopic (exact) mass is 266 g/mol. The molecule has 0 amide bonds. The first-order valence-corrected chi connectivity index (χ1v) is 6.13. The van der Waals surface area contributed by atoms with Crippen LogP contribution in [0.25, 0.3) is 0 Å². The molecule has 0 fully saturated rings. The third-order valence-electron chi connectivity index (χ3n) is 2.43. The molecule has 1 aliphatic heterocycles. The first-order valence-electron chi connectivity index (χ1n) is 5.76. The number of benzene rings is 1. The van der Waals surface area contributed by atoms with Gasteiger partial charge in [0.05, 0.1) is 25.9 Å². The maximum Gasteiger partial charge on any atom is 0.215 e. The number of nitrogens with zero attached hydrogens (tertiary/aromatic N) is 3. The minimum absolute atomic E-state index is 0.0264. The lowest BCUT2D eigenvalue weighted by Gasteiger charge is -2.17. The fourth-order valence-corrected chi connectivity index (χ4v) is 1.68. The highest BCUT2D eigenvalue weighted by molar-refractivity contribution is 6.30. The van der Waals surface area contributed by atoms with E-state index in [9.17, 15) is 0 Å². The largest absolute Gasteiger partial charge is 0.394 e. The first kappa shape index (κ1) is 12.9. The Morgan fingerprint density at radius 3 is 2.83 bits per heavy atom. The van der Waals surface area contributed by atoms with Crippen molar-refractivity contribution in [2.24, 2.45) is 10.1 Å². The fraction of sp³-hybridized carbons (Fsp3) is 0.333. The van der Waals surface area contributed by atoms with Gasteiger partial charge in [0.15, 0.2) is 0 Å². The van der Waals surface area contributed by atoms with Gasteiger partial charge in [0.1, 0.15) is 0 Å². The SMILES string of the molecule is OCCN(/N=C/c1ccc(Cl)cc1)C1=NCCN1. The summed E-state index contributed by atoms with van der Waals surface area (Å²) >= 11 is 5.81. The summed E-state index contributed by atoms with van der Waals surface area (Å²) in [7, 11) is 0. The molecule has 0 spiro atoms. The van der Waals surface area contributed by atoms with Gasteiger partial charge in [-0.2, -0.15) is 5.10 Å². The maximum atomic E-state index is 9.01. The van der Waals surface area contributed by atoms with Crippen LogP contribution < -0.4 is 5.32 Å². The molecule has 1 aromatic rings. The van der Waals surface area contributed by atoms with Crippen molar-refractivity contribution in [2.75, 3.05) is 26.2 Å². The molecule has 2 N–H and O–H groups in total. The van der Waals surface area contributed by atoms with E-state index in [0.29, 0.717) is 17.5 Å². The van der Waals surface area contributed by atoms with Crippen LogP contribution in [-0.2, 0) is 0 Å². The molecule has 5 nitrogen and oxygen atoms in total. The smallest absolute Gasteiger partial charge is 0.215 e. The third-order valence-corrected chi connectivity index (χ3v) is 2.68. The second-order valence-electron chi connectivity index (χ2n) is 3.77. The highest BCUT2D eigenvalue weighted by Gasteiger charge is 2.12. The maximum absolute atomic E-state index is 9.01. The number of hydrogen-bond donors (Lipinski definition) is 2. The van der Waals surface area contributed by atoms with Crippen molar-refractivity contribution in [3.63, 3.8) is 0 Å². The Kier molecular flexibility index (Phi) is 4.55. The average molecular weight is 267 g/mol. The van der Waals surface area contributed by atoms with Gasteiger partial charge in [-0.25, -0.2) is 10.0 Å². The highest BCUT2D eigenvalue weighted by atomic mass is 35.5. The van der Waals surface area contributed by atoms with Crippen molar-refractivity contribution in [3.8, 4) is 0 Å². The summed E-state index contributed by atoms with van der Waals surface area (Å²) < 4.78 is 0. The molecular formula is C12H15ClN4O. The van der Waals surface area contributed by atoms with E-state index in [-0.39, 0.29) is 6.61 Å². The number of hydrogen-bond acceptors (Lipinski definition) is 5. The summed E-state index contributed by atoms with van der Waals surface area (Å²) in [6.07, 6.45) is 1.72. The summed E-state index contributed by atoms with van der Waals surface area (Å²) in [6.45, 7) is 2.00. The number of hydrazone groups is 1. The Morgan fingerprint density at radius 2 is 2.22 bits per heavy atom. The molecule has 0 atom stereocenters. The van der Waals surface area contributed by atoms with Crippen molar-refractivity contribution >= 4 is 23.8 Å². The second-order valence-corrected chi connectivity index (χ2v) is 4.21. The van der Waals surface area contributed by atoms with E-state index < -0.39 is 0 Å². The molecule has 96 valence electrons. The lowest BCUT2D eigenvalue weighted by atomic mass is 10.2. The first-order chi connectivity index (χ1) is 8.79. The van der Waals surface area contributed by atoms with E-state index in [4.69, 9.17) is 16.7 Å². The summed E-state index contributed by atoms with van der Waals surface area (Å²) in [5, 5.41) is 18.8. The lowest BCUT2D eigenvalue weighted by Crippen LogP contribution is -2.36. The zero-order valence-electron chi connectivity index (χ0n) is 9.88. The van der Waals surface area contributed by atoms with Gasteiger partial charge in [-0.05, 0) is 17.7 Å². The van der Waals surface area contributed by atoms with Crippen LogP contribution in [0.5, 0.6) is 0 Å². The Bertz CT molecular complexity index is 444. The highest BCUT2D eigenvalue weighted by Crippen LogP contribution is 2.08. The molecule has 0 aromatic heterocycles. The van der Waals surface area contributed by atoms with Gasteiger partial charge in [0.25, 0.3) is 0 Å². The van der Waals surface area contributed by atoms with Gasteiger partial charge in [0.2, 0.25) is 5.96 Å². The van der Waals surface area contributed by atoms with Crippen molar-refractivity contribution in [3.05, 3.63) is 34.9 Å². The number of aliphatic hydroxyl groups excluding tert-OH is 1. The third kappa shape index (κ3) is 3.45. The van der Waals surface area contributed by atoms with Crippen LogP contribution in [0, 0.1) is 0 Å². The second kappa shape index (κ2) is 6.37. The number of guanidine groups is 1. The molecular weight excluding hydrogens is 252 g/mol. The molecule has 0 aliphatic carbocycles. The fourth-order valence-electron chi connectivity index (χ4n) is 1.56. The van der Waals surface area contributed by atoms with Crippen molar-refractivity contribution < 1.29 is 5.11 Å². The zero-order chi connectivity index (χ0) is 12.8. The van der Waals surface area contributed by atoms with E-state index in [2.05, 4.69) is 15.4 Å². The Morgan fingerprint density at radius 1 is 1.44 bits per heavy atom. The molecule has 0 saturated carbocycles. The van der Waals surface area contributed by atoms with Crippen LogP contribution >= 0.6 is 11.6 Å². The Labute approximate surface area is 111 Å². The van der Waals surface area contributed by atoms with E-state index >= 15 is 0 Å². The van der Waals surface area contributed by atoms with E-state index in [1.807, 2.05) is 24.3 Å². The van der Waals surface area contributed by atoms with E-state index in [1.54, 1.807) is 11.2 Å². The topological polar surface area (TPSA) is 60.2 Å². The minimum Gasteiger partial charge on any atom is -0.394 e. The summed E-state index contributed by atoms with van der Waals surface area (Å²) in [4.78, 5) is 4.27. The van der Waals surface area contributed by atoms with Crippen molar-refractivity contribution in [1.82, 2.24) is 10.3 Å². The molecule has 0 radical (unpaired) electrons. The molecule has 2 rings (SSSR count). The number of rotatable bonds is 4. The Hall–Kier alpha value is -1.59.